The zero-order valence-electron chi connectivity index (χ0n) is 9.56. The van der Waals surface area contributed by atoms with Gasteiger partial charge in [0.1, 0.15) is 0 Å². The molecule has 0 unspecified atom stereocenters. The van der Waals surface area contributed by atoms with Crippen LogP contribution >= 0.6 is 0 Å². The fourth-order valence-corrected chi connectivity index (χ4v) is 0.864. The zero-order chi connectivity index (χ0) is 11.1. The highest BCUT2D eigenvalue weighted by Crippen LogP contribution is 2.17. The lowest BCUT2D eigenvalue weighted by molar-refractivity contribution is 1.16. The average Bonchev–Trinajstić information content (AvgIpc) is 2.22. The molecule has 0 heteroatoms. The summed E-state index contributed by atoms with van der Waals surface area (Å²) >= 11 is 0. The molecule has 0 saturated carbocycles. The first-order valence-electron chi connectivity index (χ1n) is 4.90. The fourth-order valence-electron chi connectivity index (χ4n) is 0.864. The molecule has 0 amide bonds. The van der Waals surface area contributed by atoms with Crippen LogP contribution in [0.15, 0.2) is 60.3 Å². The minimum absolute atomic E-state index is 0.954. The molecule has 0 radical (unpaired) electrons. The Bertz CT molecular complexity index is 298. The first-order chi connectivity index (χ1) is 6.52. The molecule has 0 bridgehead atoms. The third-order valence-electron chi connectivity index (χ3n) is 2.27. The van der Waals surface area contributed by atoms with Crippen molar-refractivity contribution in [2.24, 2.45) is 0 Å². The lowest BCUT2D eigenvalue weighted by Crippen LogP contribution is -1.85. The largest absolute Gasteiger partial charge is 0.0958 e. The molecule has 0 aromatic heterocycles. The van der Waals surface area contributed by atoms with Crippen LogP contribution in [0.25, 0.3) is 0 Å². The Hall–Kier alpha value is -1.30. The van der Waals surface area contributed by atoms with Crippen molar-refractivity contribution in [3.8, 4) is 0 Å². The number of hydrogen-bond donors (Lipinski definition) is 0. The molecule has 76 valence electrons. The van der Waals surface area contributed by atoms with E-state index in [1.807, 2.05) is 32.1 Å². The first-order valence-corrected chi connectivity index (χ1v) is 4.90. The van der Waals surface area contributed by atoms with E-state index in [1.54, 1.807) is 0 Å². The monoisotopic (exact) mass is 188 g/mol. The summed E-state index contributed by atoms with van der Waals surface area (Å²) in [7, 11) is 0. The Morgan fingerprint density at radius 1 is 1.14 bits per heavy atom. The molecule has 0 heterocycles. The van der Waals surface area contributed by atoms with Crippen molar-refractivity contribution < 1.29 is 0 Å². The molecule has 0 spiro atoms. The summed E-state index contributed by atoms with van der Waals surface area (Å²) in [6.45, 7) is 18.0. The standard InChI is InChI=1S/C14H20/c1-7-11(3)9-10-13(5)14(6)12(4)8-2/h8-10H,3,5-7H2,1-2,4H3/b10-9-,12-8-. The zero-order valence-corrected chi connectivity index (χ0v) is 9.56. The van der Waals surface area contributed by atoms with Crippen LogP contribution in [-0.2, 0) is 0 Å². The minimum atomic E-state index is 0.954. The molecule has 0 aromatic rings. The van der Waals surface area contributed by atoms with E-state index >= 15 is 0 Å². The smallest absolute Gasteiger partial charge is 0.0236 e. The second-order valence-electron chi connectivity index (χ2n) is 3.32. The summed E-state index contributed by atoms with van der Waals surface area (Å²) in [4.78, 5) is 0. The highest BCUT2D eigenvalue weighted by Gasteiger charge is 1.97. The maximum atomic E-state index is 3.98. The van der Waals surface area contributed by atoms with Gasteiger partial charge in [0.2, 0.25) is 0 Å². The second-order valence-corrected chi connectivity index (χ2v) is 3.32. The van der Waals surface area contributed by atoms with Gasteiger partial charge in [0.25, 0.3) is 0 Å². The molecule has 0 aliphatic carbocycles. The highest BCUT2D eigenvalue weighted by molar-refractivity contribution is 5.48. The van der Waals surface area contributed by atoms with Gasteiger partial charge in [-0.15, -0.1) is 0 Å². The maximum absolute atomic E-state index is 3.98. The molecule has 0 aromatic carbocycles. The van der Waals surface area contributed by atoms with Crippen molar-refractivity contribution in [1.29, 1.82) is 0 Å². The summed E-state index contributed by atoms with van der Waals surface area (Å²) in [5.41, 5.74) is 4.22. The lowest BCUT2D eigenvalue weighted by Gasteiger charge is -2.05. The van der Waals surface area contributed by atoms with Gasteiger partial charge in [-0.05, 0) is 37.0 Å². The van der Waals surface area contributed by atoms with Crippen molar-refractivity contribution in [3.05, 3.63) is 60.3 Å². The van der Waals surface area contributed by atoms with Crippen LogP contribution < -0.4 is 0 Å². The lowest BCUT2D eigenvalue weighted by atomic mass is 10.0. The van der Waals surface area contributed by atoms with E-state index in [0.29, 0.717) is 0 Å². The van der Waals surface area contributed by atoms with Gasteiger partial charge < -0.3 is 0 Å². The summed E-state index contributed by atoms with van der Waals surface area (Å²) in [5, 5.41) is 0. The first kappa shape index (κ1) is 12.7. The van der Waals surface area contributed by atoms with Gasteiger partial charge in [-0.25, -0.2) is 0 Å². The second kappa shape index (κ2) is 6.20. The molecule has 0 aliphatic rings. The third-order valence-corrected chi connectivity index (χ3v) is 2.27. The molecule has 0 N–H and O–H groups in total. The Kier molecular flexibility index (Phi) is 5.62. The summed E-state index contributed by atoms with van der Waals surface area (Å²) in [5.74, 6) is 0. The van der Waals surface area contributed by atoms with E-state index in [0.717, 1.165) is 23.1 Å². The van der Waals surface area contributed by atoms with Crippen molar-refractivity contribution in [2.75, 3.05) is 0 Å². The van der Waals surface area contributed by atoms with E-state index in [1.165, 1.54) is 5.57 Å². The van der Waals surface area contributed by atoms with Crippen molar-refractivity contribution >= 4 is 0 Å². The molecular formula is C14H20. The van der Waals surface area contributed by atoms with Crippen molar-refractivity contribution in [3.63, 3.8) is 0 Å². The van der Waals surface area contributed by atoms with Crippen LogP contribution in [-0.4, -0.2) is 0 Å². The van der Waals surface area contributed by atoms with Gasteiger partial charge in [-0.1, -0.05) is 50.5 Å². The van der Waals surface area contributed by atoms with Gasteiger partial charge in [-0.3, -0.25) is 0 Å². The van der Waals surface area contributed by atoms with Crippen LogP contribution in [0, 0.1) is 0 Å². The molecule has 0 saturated heterocycles. The third kappa shape index (κ3) is 4.08. The summed E-state index contributed by atoms with van der Waals surface area (Å²) in [6, 6.07) is 0. The van der Waals surface area contributed by atoms with Gasteiger partial charge in [-0.2, -0.15) is 0 Å². The SMILES string of the molecule is C=C(/C=C\C(=C)C(=C)/C(C)=C\C)CC. The molecule has 0 atom stereocenters. The van der Waals surface area contributed by atoms with E-state index in [9.17, 15) is 0 Å². The summed E-state index contributed by atoms with van der Waals surface area (Å²) in [6.07, 6.45) is 6.98. The Balaban J connectivity index is 4.44. The predicted molar refractivity (Wildman–Crippen MR) is 66.3 cm³/mol. The van der Waals surface area contributed by atoms with Crippen molar-refractivity contribution in [2.45, 2.75) is 27.2 Å². The van der Waals surface area contributed by atoms with E-state index < -0.39 is 0 Å². The number of hydrogen-bond acceptors (Lipinski definition) is 0. The molecule has 0 aliphatic heterocycles. The molecule has 0 nitrogen and oxygen atoms in total. The highest BCUT2D eigenvalue weighted by atomic mass is 14.0. The van der Waals surface area contributed by atoms with Crippen LogP contribution in [0.5, 0.6) is 0 Å². The van der Waals surface area contributed by atoms with Gasteiger partial charge in [0.15, 0.2) is 0 Å². The van der Waals surface area contributed by atoms with Gasteiger partial charge in [0.05, 0.1) is 0 Å². The number of allylic oxidation sites excluding steroid dienone is 7. The molecular weight excluding hydrogens is 168 g/mol. The normalized spacial score (nSPS) is 11.8. The van der Waals surface area contributed by atoms with Gasteiger partial charge in [0, 0.05) is 0 Å². The Labute approximate surface area is 88.0 Å². The summed E-state index contributed by atoms with van der Waals surface area (Å²) < 4.78 is 0. The van der Waals surface area contributed by atoms with Crippen LogP contribution in [0.2, 0.25) is 0 Å². The van der Waals surface area contributed by atoms with Crippen molar-refractivity contribution in [1.82, 2.24) is 0 Å². The minimum Gasteiger partial charge on any atom is -0.0958 e. The Morgan fingerprint density at radius 2 is 1.71 bits per heavy atom. The van der Waals surface area contributed by atoms with E-state index in [4.69, 9.17) is 0 Å². The van der Waals surface area contributed by atoms with E-state index in [-0.39, 0.29) is 0 Å². The maximum Gasteiger partial charge on any atom is -0.0236 e. The van der Waals surface area contributed by atoms with Gasteiger partial charge >= 0.3 is 0 Å². The predicted octanol–water partition coefficient (Wildman–Crippen LogP) is 4.59. The number of rotatable bonds is 5. The van der Waals surface area contributed by atoms with Crippen LogP contribution in [0.3, 0.4) is 0 Å². The quantitative estimate of drug-likeness (QED) is 0.554. The Morgan fingerprint density at radius 3 is 2.14 bits per heavy atom. The average molecular weight is 188 g/mol. The molecule has 0 rings (SSSR count). The van der Waals surface area contributed by atoms with Crippen LogP contribution in [0.4, 0.5) is 0 Å². The fraction of sp³-hybridized carbons (Fsp3) is 0.286. The van der Waals surface area contributed by atoms with E-state index in [2.05, 4.69) is 26.7 Å². The topological polar surface area (TPSA) is 0 Å². The molecule has 0 fully saturated rings. The van der Waals surface area contributed by atoms with Crippen LogP contribution in [0.1, 0.15) is 27.2 Å². The molecule has 14 heavy (non-hydrogen) atoms.